The van der Waals surface area contributed by atoms with Crippen LogP contribution in [0.15, 0.2) is 87.6 Å². The summed E-state index contributed by atoms with van der Waals surface area (Å²) in [4.78, 5) is 26.5. The number of ketones is 1. The van der Waals surface area contributed by atoms with Gasteiger partial charge in [-0.15, -0.1) is 0 Å². The lowest BCUT2D eigenvalue weighted by molar-refractivity contribution is -0.124. The molecule has 0 fully saturated rings. The summed E-state index contributed by atoms with van der Waals surface area (Å²) in [6, 6.07) is 16.1. The number of amides is 1. The first-order chi connectivity index (χ1) is 15.5. The molecule has 2 heterocycles. The van der Waals surface area contributed by atoms with Crippen molar-refractivity contribution in [2.24, 2.45) is 16.1 Å². The summed E-state index contributed by atoms with van der Waals surface area (Å²) in [6.07, 6.45) is 1.75. The number of carbonyl (C=O) groups excluding carboxylic acids is 2. The maximum absolute atomic E-state index is 13.4. The SMILES string of the molecule is CC(NC(=O)C1=CC2NC(c3ccccc3)C3=C2C(CN=NC3)C1=O)c1ccc(O)cc1. The first-order valence-electron chi connectivity index (χ1n) is 10.8. The topological polar surface area (TPSA) is 103 Å². The van der Waals surface area contributed by atoms with Crippen molar-refractivity contribution in [1.29, 1.82) is 0 Å². The zero-order chi connectivity index (χ0) is 22.2. The van der Waals surface area contributed by atoms with E-state index in [1.54, 1.807) is 30.3 Å². The first kappa shape index (κ1) is 20.3. The Kier molecular flexibility index (Phi) is 5.19. The second-order valence-electron chi connectivity index (χ2n) is 8.38. The number of benzene rings is 2. The molecule has 4 atom stereocenters. The van der Waals surface area contributed by atoms with Crippen molar-refractivity contribution in [3.8, 4) is 5.75 Å². The maximum Gasteiger partial charge on any atom is 0.255 e. The van der Waals surface area contributed by atoms with Gasteiger partial charge in [0.15, 0.2) is 5.78 Å². The summed E-state index contributed by atoms with van der Waals surface area (Å²) in [5, 5.41) is 24.5. The van der Waals surface area contributed by atoms with Gasteiger partial charge in [-0.25, -0.2) is 0 Å². The van der Waals surface area contributed by atoms with Gasteiger partial charge in [-0.3, -0.25) is 14.9 Å². The van der Waals surface area contributed by atoms with Crippen LogP contribution in [0.1, 0.15) is 30.1 Å². The number of nitrogens with zero attached hydrogens (tertiary/aromatic N) is 2. The molecule has 1 amide bonds. The fraction of sp³-hybridized carbons (Fsp3) is 0.280. The third-order valence-electron chi connectivity index (χ3n) is 6.41. The van der Waals surface area contributed by atoms with Gasteiger partial charge in [-0.1, -0.05) is 42.5 Å². The van der Waals surface area contributed by atoms with Crippen LogP contribution < -0.4 is 10.6 Å². The van der Waals surface area contributed by atoms with E-state index in [9.17, 15) is 14.7 Å². The van der Waals surface area contributed by atoms with Crippen molar-refractivity contribution in [3.63, 3.8) is 0 Å². The molecule has 3 N–H and O–H groups in total. The normalized spacial score (nSPS) is 25.1. The van der Waals surface area contributed by atoms with Crippen LogP contribution in [0.4, 0.5) is 0 Å². The molecule has 32 heavy (non-hydrogen) atoms. The van der Waals surface area contributed by atoms with E-state index in [1.165, 1.54) is 0 Å². The smallest absolute Gasteiger partial charge is 0.255 e. The number of hydrogen-bond donors (Lipinski definition) is 3. The summed E-state index contributed by atoms with van der Waals surface area (Å²) in [5.41, 5.74) is 4.19. The van der Waals surface area contributed by atoms with Crippen molar-refractivity contribution in [2.75, 3.05) is 13.1 Å². The Balaban J connectivity index is 1.44. The molecule has 7 nitrogen and oxygen atoms in total. The van der Waals surface area contributed by atoms with Crippen LogP contribution >= 0.6 is 0 Å². The second-order valence-corrected chi connectivity index (χ2v) is 8.38. The van der Waals surface area contributed by atoms with E-state index in [0.717, 1.165) is 22.3 Å². The molecule has 2 aromatic rings. The highest BCUT2D eigenvalue weighted by Gasteiger charge is 2.45. The first-order valence-corrected chi connectivity index (χ1v) is 10.8. The molecule has 7 heteroatoms. The van der Waals surface area contributed by atoms with Crippen LogP contribution in [0.25, 0.3) is 0 Å². The number of nitrogens with one attached hydrogen (secondary N) is 2. The van der Waals surface area contributed by atoms with Crippen LogP contribution in [0.5, 0.6) is 5.75 Å². The predicted octanol–water partition coefficient (Wildman–Crippen LogP) is 3.17. The van der Waals surface area contributed by atoms with Crippen molar-refractivity contribution in [3.05, 3.63) is 88.5 Å². The molecule has 2 aromatic carbocycles. The van der Waals surface area contributed by atoms with E-state index in [1.807, 2.05) is 25.1 Å². The standard InChI is InChI=1S/C25H24N4O3/c1-14(15-7-9-17(30)10-8-15)28-25(32)18-11-21-22-19(12-26-27-13-20(22)24(18)31)23(29-21)16-5-3-2-4-6-16/h2-11,14,20-21,23,29-30H,12-13H2,1H3,(H,28,32). The molecular weight excluding hydrogens is 404 g/mol. The number of carbonyl (C=O) groups is 2. The summed E-state index contributed by atoms with van der Waals surface area (Å²) in [6.45, 7) is 2.56. The minimum absolute atomic E-state index is 0.0573. The maximum atomic E-state index is 13.4. The van der Waals surface area contributed by atoms with E-state index in [2.05, 4.69) is 33.0 Å². The Morgan fingerprint density at radius 2 is 1.88 bits per heavy atom. The molecule has 1 aliphatic carbocycles. The van der Waals surface area contributed by atoms with Gasteiger partial charge in [-0.2, -0.15) is 10.2 Å². The fourth-order valence-corrected chi connectivity index (χ4v) is 4.77. The highest BCUT2D eigenvalue weighted by Crippen LogP contribution is 2.42. The number of Topliss-reactive ketones (excluding diaryl/α,β-unsaturated/α-hetero) is 1. The highest BCUT2D eigenvalue weighted by atomic mass is 16.3. The van der Waals surface area contributed by atoms with Gasteiger partial charge in [-0.05, 0) is 47.4 Å². The number of rotatable bonds is 4. The zero-order valence-electron chi connectivity index (χ0n) is 17.7. The van der Waals surface area contributed by atoms with E-state index in [-0.39, 0.29) is 41.8 Å². The van der Waals surface area contributed by atoms with Crippen LogP contribution in [0.3, 0.4) is 0 Å². The summed E-state index contributed by atoms with van der Waals surface area (Å²) in [7, 11) is 0. The molecule has 0 aromatic heterocycles. The van der Waals surface area contributed by atoms with Crippen molar-refractivity contribution >= 4 is 11.7 Å². The average Bonchev–Trinajstić information content (AvgIpc) is 3.01. The Hall–Kier alpha value is -3.58. The Labute approximate surface area is 185 Å². The van der Waals surface area contributed by atoms with Crippen molar-refractivity contribution in [2.45, 2.75) is 25.0 Å². The molecule has 0 spiro atoms. The number of hydrogen-bond acceptors (Lipinski definition) is 6. The van der Waals surface area contributed by atoms with E-state index in [4.69, 9.17) is 0 Å². The van der Waals surface area contributed by atoms with Gasteiger partial charge in [0.2, 0.25) is 0 Å². The fourth-order valence-electron chi connectivity index (χ4n) is 4.77. The molecule has 162 valence electrons. The lowest BCUT2D eigenvalue weighted by atomic mass is 9.78. The van der Waals surface area contributed by atoms with E-state index >= 15 is 0 Å². The molecule has 0 bridgehead atoms. The Morgan fingerprint density at radius 1 is 1.12 bits per heavy atom. The largest absolute Gasteiger partial charge is 0.508 e. The van der Waals surface area contributed by atoms with Gasteiger partial charge in [0.1, 0.15) is 5.75 Å². The zero-order valence-corrected chi connectivity index (χ0v) is 17.7. The average molecular weight is 428 g/mol. The van der Waals surface area contributed by atoms with Crippen LogP contribution in [-0.2, 0) is 9.59 Å². The van der Waals surface area contributed by atoms with Gasteiger partial charge in [0.25, 0.3) is 5.91 Å². The lowest BCUT2D eigenvalue weighted by Gasteiger charge is -2.27. The molecule has 5 rings (SSSR count). The molecule has 0 saturated carbocycles. The number of aromatic hydroxyl groups is 1. The molecule has 0 radical (unpaired) electrons. The van der Waals surface area contributed by atoms with Gasteiger partial charge < -0.3 is 10.4 Å². The summed E-state index contributed by atoms with van der Waals surface area (Å²) in [5.74, 6) is -0.921. The minimum atomic E-state index is -0.475. The van der Waals surface area contributed by atoms with E-state index in [0.29, 0.717) is 6.54 Å². The van der Waals surface area contributed by atoms with Crippen molar-refractivity contribution < 1.29 is 14.7 Å². The Bertz CT molecular complexity index is 1150. The summed E-state index contributed by atoms with van der Waals surface area (Å²) >= 11 is 0. The number of phenolic OH excluding ortho intramolecular Hbond substituents is 1. The number of phenols is 1. The molecular formula is C25H24N4O3. The molecule has 0 saturated heterocycles. The molecule has 4 unspecified atom stereocenters. The minimum Gasteiger partial charge on any atom is -0.508 e. The van der Waals surface area contributed by atoms with Gasteiger partial charge in [0, 0.05) is 6.04 Å². The van der Waals surface area contributed by atoms with Crippen LogP contribution in [0, 0.1) is 5.92 Å². The lowest BCUT2D eigenvalue weighted by Crippen LogP contribution is -2.41. The summed E-state index contributed by atoms with van der Waals surface area (Å²) < 4.78 is 0. The quantitative estimate of drug-likeness (QED) is 0.514. The van der Waals surface area contributed by atoms with E-state index < -0.39 is 11.8 Å². The third kappa shape index (κ3) is 3.54. The number of azo groups is 1. The molecule has 2 aliphatic heterocycles. The van der Waals surface area contributed by atoms with Crippen LogP contribution in [0.2, 0.25) is 0 Å². The molecule has 3 aliphatic rings. The predicted molar refractivity (Wildman–Crippen MR) is 119 cm³/mol. The van der Waals surface area contributed by atoms with Gasteiger partial charge >= 0.3 is 0 Å². The van der Waals surface area contributed by atoms with Gasteiger partial charge in [0.05, 0.1) is 36.7 Å². The Morgan fingerprint density at radius 3 is 2.62 bits per heavy atom. The van der Waals surface area contributed by atoms with Crippen LogP contribution in [-0.4, -0.2) is 35.9 Å². The van der Waals surface area contributed by atoms with Crippen molar-refractivity contribution in [1.82, 2.24) is 10.6 Å². The monoisotopic (exact) mass is 428 g/mol. The highest BCUT2D eigenvalue weighted by molar-refractivity contribution is 6.22. The second kappa shape index (κ2) is 8.16. The third-order valence-corrected chi connectivity index (χ3v) is 6.41.